The molecule has 2 fully saturated rings. The second kappa shape index (κ2) is 9.67. The van der Waals surface area contributed by atoms with Gasteiger partial charge in [-0.25, -0.2) is 9.59 Å². The van der Waals surface area contributed by atoms with Gasteiger partial charge in [0.25, 0.3) is 0 Å². The highest BCUT2D eigenvalue weighted by atomic mass is 16.5. The van der Waals surface area contributed by atoms with Gasteiger partial charge in [-0.15, -0.1) is 0 Å². The highest BCUT2D eigenvalue weighted by Crippen LogP contribution is 2.44. The normalized spacial score (nSPS) is 25.0. The van der Waals surface area contributed by atoms with Crippen molar-refractivity contribution < 1.29 is 33.7 Å². The Balaban J connectivity index is 1.10. The molecule has 3 unspecified atom stereocenters. The summed E-state index contributed by atoms with van der Waals surface area (Å²) in [6.07, 6.45) is -0.288. The second-order valence-electron chi connectivity index (χ2n) is 9.27. The number of rotatable bonds is 7. The van der Waals surface area contributed by atoms with E-state index in [4.69, 9.17) is 14.2 Å². The summed E-state index contributed by atoms with van der Waals surface area (Å²) >= 11 is 0. The SMILES string of the molecule is O=C(NCC1CC(C(=O)NC2(C(=O)O)CCOC2)CO1)OCC1c2ccccc2-c2ccccc21. The molecular formula is C26H28N2O7. The molecule has 2 aromatic carbocycles. The van der Waals surface area contributed by atoms with E-state index in [-0.39, 0.29) is 50.7 Å². The van der Waals surface area contributed by atoms with E-state index in [1.165, 1.54) is 0 Å². The van der Waals surface area contributed by atoms with Gasteiger partial charge in [-0.3, -0.25) is 4.79 Å². The van der Waals surface area contributed by atoms with E-state index in [0.717, 1.165) is 22.3 Å². The quantitative estimate of drug-likeness (QED) is 0.556. The third-order valence-electron chi connectivity index (χ3n) is 7.06. The fourth-order valence-electron chi connectivity index (χ4n) is 5.10. The van der Waals surface area contributed by atoms with Gasteiger partial charge in [0, 0.05) is 25.5 Å². The Labute approximate surface area is 202 Å². The van der Waals surface area contributed by atoms with Crippen LogP contribution in [0.25, 0.3) is 11.1 Å². The van der Waals surface area contributed by atoms with Crippen LogP contribution in [-0.2, 0) is 23.8 Å². The van der Waals surface area contributed by atoms with Gasteiger partial charge >= 0.3 is 12.1 Å². The highest BCUT2D eigenvalue weighted by Gasteiger charge is 2.45. The molecule has 3 N–H and O–H groups in total. The number of carbonyl (C=O) groups excluding carboxylic acids is 2. The second-order valence-corrected chi connectivity index (χ2v) is 9.27. The molecule has 2 aliphatic heterocycles. The van der Waals surface area contributed by atoms with Crippen molar-refractivity contribution in [2.24, 2.45) is 5.92 Å². The number of amides is 2. The van der Waals surface area contributed by atoms with Crippen LogP contribution in [0.15, 0.2) is 48.5 Å². The average Bonchev–Trinajstić information content (AvgIpc) is 3.60. The first kappa shape index (κ1) is 23.3. The van der Waals surface area contributed by atoms with Crippen molar-refractivity contribution in [1.82, 2.24) is 10.6 Å². The Kier molecular flexibility index (Phi) is 6.44. The number of benzene rings is 2. The molecule has 9 nitrogen and oxygen atoms in total. The van der Waals surface area contributed by atoms with Crippen molar-refractivity contribution in [1.29, 1.82) is 0 Å². The first-order valence-corrected chi connectivity index (χ1v) is 11.8. The molecule has 5 rings (SSSR count). The molecule has 0 saturated carbocycles. The molecule has 3 aliphatic rings. The smallest absolute Gasteiger partial charge is 0.407 e. The van der Waals surface area contributed by atoms with Gasteiger partial charge in [-0.1, -0.05) is 48.5 Å². The van der Waals surface area contributed by atoms with Crippen LogP contribution in [0.1, 0.15) is 29.9 Å². The lowest BCUT2D eigenvalue weighted by atomic mass is 9.96. The van der Waals surface area contributed by atoms with Gasteiger partial charge < -0.3 is 30.0 Å². The molecule has 35 heavy (non-hydrogen) atoms. The Bertz CT molecular complexity index is 1080. The van der Waals surface area contributed by atoms with Gasteiger partial charge in [-0.2, -0.15) is 0 Å². The van der Waals surface area contributed by atoms with Crippen molar-refractivity contribution in [3.05, 3.63) is 59.7 Å². The maximum Gasteiger partial charge on any atom is 0.407 e. The summed E-state index contributed by atoms with van der Waals surface area (Å²) in [4.78, 5) is 36.6. The fourth-order valence-corrected chi connectivity index (χ4v) is 5.10. The molecule has 2 saturated heterocycles. The van der Waals surface area contributed by atoms with Crippen LogP contribution < -0.4 is 10.6 Å². The van der Waals surface area contributed by atoms with E-state index in [1.54, 1.807) is 0 Å². The predicted octanol–water partition coefficient (Wildman–Crippen LogP) is 2.29. The molecule has 2 aromatic rings. The number of ether oxygens (including phenoxy) is 3. The van der Waals surface area contributed by atoms with Crippen molar-refractivity contribution in [2.45, 2.75) is 30.4 Å². The number of hydrogen-bond donors (Lipinski definition) is 3. The van der Waals surface area contributed by atoms with Gasteiger partial charge in [0.15, 0.2) is 5.54 Å². The van der Waals surface area contributed by atoms with Crippen LogP contribution in [0.3, 0.4) is 0 Å². The van der Waals surface area contributed by atoms with Crippen molar-refractivity contribution in [3.63, 3.8) is 0 Å². The number of aliphatic carboxylic acids is 1. The summed E-state index contributed by atoms with van der Waals surface area (Å²) in [5.41, 5.74) is 3.22. The number of hydrogen-bond acceptors (Lipinski definition) is 6. The topological polar surface area (TPSA) is 123 Å². The lowest BCUT2D eigenvalue weighted by Gasteiger charge is -2.25. The minimum Gasteiger partial charge on any atom is -0.479 e. The summed E-state index contributed by atoms with van der Waals surface area (Å²) in [6.45, 7) is 0.831. The number of carbonyl (C=O) groups is 3. The minimum atomic E-state index is -1.38. The average molecular weight is 481 g/mol. The molecule has 2 heterocycles. The number of carboxylic acid groups (broad SMARTS) is 1. The van der Waals surface area contributed by atoms with E-state index in [2.05, 4.69) is 34.9 Å². The van der Waals surface area contributed by atoms with Crippen LogP contribution in [0, 0.1) is 5.92 Å². The molecule has 184 valence electrons. The monoisotopic (exact) mass is 480 g/mol. The number of carboxylic acids is 1. The summed E-state index contributed by atoms with van der Waals surface area (Å²) in [5, 5.41) is 14.9. The Hall–Kier alpha value is -3.43. The minimum absolute atomic E-state index is 0.0231. The summed E-state index contributed by atoms with van der Waals surface area (Å²) in [7, 11) is 0. The van der Waals surface area contributed by atoms with E-state index < -0.39 is 23.5 Å². The highest BCUT2D eigenvalue weighted by molar-refractivity contribution is 5.88. The maximum absolute atomic E-state index is 12.6. The van der Waals surface area contributed by atoms with Crippen LogP contribution in [0.4, 0.5) is 4.79 Å². The molecule has 2 amide bonds. The molecule has 9 heteroatoms. The Morgan fingerprint density at radius 1 is 1.06 bits per heavy atom. The van der Waals surface area contributed by atoms with Crippen molar-refractivity contribution in [3.8, 4) is 11.1 Å². The molecule has 0 bridgehead atoms. The Morgan fingerprint density at radius 3 is 2.37 bits per heavy atom. The first-order chi connectivity index (χ1) is 17.0. The summed E-state index contributed by atoms with van der Waals surface area (Å²) in [6, 6.07) is 16.3. The van der Waals surface area contributed by atoms with Crippen molar-refractivity contribution in [2.75, 3.05) is 33.0 Å². The van der Waals surface area contributed by atoms with Crippen LogP contribution >= 0.6 is 0 Å². The van der Waals surface area contributed by atoms with Crippen LogP contribution in [0.5, 0.6) is 0 Å². The molecule has 3 atom stereocenters. The lowest BCUT2D eigenvalue weighted by Crippen LogP contribution is -2.56. The van der Waals surface area contributed by atoms with E-state index in [0.29, 0.717) is 13.0 Å². The third kappa shape index (κ3) is 4.61. The van der Waals surface area contributed by atoms with Crippen LogP contribution in [0.2, 0.25) is 0 Å². The van der Waals surface area contributed by atoms with Gasteiger partial charge in [0.1, 0.15) is 6.61 Å². The largest absolute Gasteiger partial charge is 0.479 e. The molecule has 0 spiro atoms. The van der Waals surface area contributed by atoms with Gasteiger partial charge in [-0.05, 0) is 28.7 Å². The molecule has 0 aromatic heterocycles. The maximum atomic E-state index is 12.6. The summed E-state index contributed by atoms with van der Waals surface area (Å²) in [5.74, 6) is -1.98. The van der Waals surface area contributed by atoms with Gasteiger partial charge in [0.2, 0.25) is 5.91 Å². The lowest BCUT2D eigenvalue weighted by molar-refractivity contribution is -0.148. The number of fused-ring (bicyclic) bond motifs is 3. The number of alkyl carbamates (subject to hydrolysis) is 1. The zero-order valence-electron chi connectivity index (χ0n) is 19.2. The summed E-state index contributed by atoms with van der Waals surface area (Å²) < 4.78 is 16.4. The molecule has 0 radical (unpaired) electrons. The standard InChI is InChI=1S/C26H28N2O7/c29-23(28-26(24(30)31)9-10-33-15-26)16-11-17(34-13-16)12-27-25(32)35-14-22-20-7-3-1-5-18(20)19-6-2-4-8-21(19)22/h1-8,16-17,22H,9-15H2,(H,27,32)(H,28,29)(H,30,31). The van der Waals surface area contributed by atoms with Gasteiger partial charge in [0.05, 0.1) is 25.2 Å². The zero-order chi connectivity index (χ0) is 24.4. The zero-order valence-corrected chi connectivity index (χ0v) is 19.2. The predicted molar refractivity (Wildman–Crippen MR) is 125 cm³/mol. The third-order valence-corrected chi connectivity index (χ3v) is 7.06. The first-order valence-electron chi connectivity index (χ1n) is 11.8. The van der Waals surface area contributed by atoms with E-state index >= 15 is 0 Å². The van der Waals surface area contributed by atoms with Crippen molar-refractivity contribution >= 4 is 18.0 Å². The van der Waals surface area contributed by atoms with E-state index in [1.807, 2.05) is 24.3 Å². The fraction of sp³-hybridized carbons (Fsp3) is 0.423. The van der Waals surface area contributed by atoms with E-state index in [9.17, 15) is 19.5 Å². The van der Waals surface area contributed by atoms with Crippen LogP contribution in [-0.4, -0.2) is 67.7 Å². The molecular weight excluding hydrogens is 452 g/mol. The Morgan fingerprint density at radius 2 is 1.74 bits per heavy atom. The number of nitrogens with one attached hydrogen (secondary N) is 2. The molecule has 1 aliphatic carbocycles.